The molecule has 0 saturated heterocycles. The molecular formula is C11H12ClNO4. The summed E-state index contributed by atoms with van der Waals surface area (Å²) in [6.07, 6.45) is 0. The number of hydrogen-bond acceptors (Lipinski definition) is 4. The summed E-state index contributed by atoms with van der Waals surface area (Å²) in [6.45, 7) is 0. The van der Waals surface area contributed by atoms with Crippen LogP contribution < -0.4 is 14.8 Å². The molecule has 17 heavy (non-hydrogen) atoms. The lowest BCUT2D eigenvalue weighted by Gasteiger charge is -2.09. The van der Waals surface area contributed by atoms with E-state index in [-0.39, 0.29) is 5.88 Å². The second-order valence-corrected chi connectivity index (χ2v) is 3.35. The third-order valence-electron chi connectivity index (χ3n) is 2.02. The summed E-state index contributed by atoms with van der Waals surface area (Å²) in [6, 6.07) is 4.59. The summed E-state index contributed by atoms with van der Waals surface area (Å²) in [4.78, 5) is 22.5. The Hall–Kier alpha value is -1.75. The number of nitrogens with one attached hydrogen (secondary N) is 1. The molecule has 6 heteroatoms. The highest BCUT2D eigenvalue weighted by molar-refractivity contribution is 6.28. The first-order valence-corrected chi connectivity index (χ1v) is 5.28. The monoisotopic (exact) mass is 257 g/mol. The van der Waals surface area contributed by atoms with Gasteiger partial charge in [-0.1, -0.05) is 0 Å². The molecule has 92 valence electrons. The van der Waals surface area contributed by atoms with Gasteiger partial charge < -0.3 is 9.47 Å². The zero-order chi connectivity index (χ0) is 12.8. The van der Waals surface area contributed by atoms with Crippen molar-refractivity contribution in [2.75, 3.05) is 20.1 Å². The molecule has 0 unspecified atom stereocenters. The lowest BCUT2D eigenvalue weighted by atomic mass is 10.2. The zero-order valence-corrected chi connectivity index (χ0v) is 10.2. The van der Waals surface area contributed by atoms with E-state index in [0.717, 1.165) is 0 Å². The van der Waals surface area contributed by atoms with Crippen LogP contribution in [0.4, 0.5) is 0 Å². The topological polar surface area (TPSA) is 64.6 Å². The number of alkyl halides is 1. The minimum absolute atomic E-state index is 0.265. The maximum atomic E-state index is 11.6. The van der Waals surface area contributed by atoms with Gasteiger partial charge in [0.15, 0.2) is 11.5 Å². The van der Waals surface area contributed by atoms with E-state index < -0.39 is 11.8 Å². The van der Waals surface area contributed by atoms with Crippen molar-refractivity contribution in [3.8, 4) is 11.5 Å². The quantitative estimate of drug-likeness (QED) is 0.823. The van der Waals surface area contributed by atoms with E-state index in [9.17, 15) is 9.59 Å². The fraction of sp³-hybridized carbons (Fsp3) is 0.273. The second-order valence-electron chi connectivity index (χ2n) is 3.08. The van der Waals surface area contributed by atoms with Crippen molar-refractivity contribution >= 4 is 23.4 Å². The molecule has 5 nitrogen and oxygen atoms in total. The molecule has 1 aromatic carbocycles. The van der Waals surface area contributed by atoms with Gasteiger partial charge in [-0.25, -0.2) is 0 Å². The number of hydrogen-bond donors (Lipinski definition) is 1. The third kappa shape index (κ3) is 3.35. The molecule has 0 spiro atoms. The molecule has 0 aliphatic heterocycles. The van der Waals surface area contributed by atoms with Crippen LogP contribution in [0.15, 0.2) is 18.2 Å². The Bertz CT molecular complexity index is 433. The summed E-state index contributed by atoms with van der Waals surface area (Å²) >= 11 is 5.28. The van der Waals surface area contributed by atoms with Crippen molar-refractivity contribution in [1.82, 2.24) is 5.32 Å². The lowest BCUT2D eigenvalue weighted by molar-refractivity contribution is -0.117. The number of methoxy groups -OCH3 is 2. The van der Waals surface area contributed by atoms with Crippen molar-refractivity contribution in [2.24, 2.45) is 0 Å². The van der Waals surface area contributed by atoms with Crippen molar-refractivity contribution in [1.29, 1.82) is 0 Å². The van der Waals surface area contributed by atoms with Crippen LogP contribution in [0, 0.1) is 0 Å². The van der Waals surface area contributed by atoms with Crippen LogP contribution in [0.2, 0.25) is 0 Å². The summed E-state index contributed by atoms with van der Waals surface area (Å²) < 4.78 is 10.1. The van der Waals surface area contributed by atoms with Crippen LogP contribution in [0.1, 0.15) is 10.4 Å². The van der Waals surface area contributed by atoms with Crippen LogP contribution >= 0.6 is 11.6 Å². The minimum Gasteiger partial charge on any atom is -0.493 e. The van der Waals surface area contributed by atoms with Gasteiger partial charge in [-0.15, -0.1) is 11.6 Å². The maximum Gasteiger partial charge on any atom is 0.258 e. The normalized spacial score (nSPS) is 9.59. The molecular weight excluding hydrogens is 246 g/mol. The Morgan fingerprint density at radius 1 is 1.24 bits per heavy atom. The molecule has 2 amide bonds. The average Bonchev–Trinajstić information content (AvgIpc) is 2.37. The van der Waals surface area contributed by atoms with E-state index in [1.54, 1.807) is 6.07 Å². The van der Waals surface area contributed by atoms with E-state index in [2.05, 4.69) is 5.32 Å². The fourth-order valence-electron chi connectivity index (χ4n) is 1.21. The number of halogens is 1. The summed E-state index contributed by atoms with van der Waals surface area (Å²) in [5.41, 5.74) is 0.293. The highest BCUT2D eigenvalue weighted by Gasteiger charge is 2.12. The third-order valence-corrected chi connectivity index (χ3v) is 2.26. The average molecular weight is 258 g/mol. The van der Waals surface area contributed by atoms with Crippen LogP contribution in [-0.2, 0) is 4.79 Å². The molecule has 0 aliphatic carbocycles. The highest BCUT2D eigenvalue weighted by Crippen LogP contribution is 2.27. The Kier molecular flexibility index (Phi) is 4.78. The Morgan fingerprint density at radius 3 is 2.41 bits per heavy atom. The van der Waals surface area contributed by atoms with Crippen LogP contribution in [0.5, 0.6) is 11.5 Å². The summed E-state index contributed by atoms with van der Waals surface area (Å²) in [7, 11) is 2.96. The second kappa shape index (κ2) is 6.10. The largest absolute Gasteiger partial charge is 0.493 e. The van der Waals surface area contributed by atoms with Crippen molar-refractivity contribution in [2.45, 2.75) is 0 Å². The van der Waals surface area contributed by atoms with Crippen LogP contribution in [0.25, 0.3) is 0 Å². The number of amides is 2. The van der Waals surface area contributed by atoms with Gasteiger partial charge in [0.05, 0.1) is 14.2 Å². The predicted octanol–water partition coefficient (Wildman–Crippen LogP) is 1.20. The SMILES string of the molecule is COc1ccc(C(=O)NC(=O)CCl)cc1OC. The van der Waals surface area contributed by atoms with Gasteiger partial charge in [0.2, 0.25) is 5.91 Å². The molecule has 0 fully saturated rings. The molecule has 0 atom stereocenters. The Morgan fingerprint density at radius 2 is 1.88 bits per heavy atom. The maximum absolute atomic E-state index is 11.6. The molecule has 0 heterocycles. The van der Waals surface area contributed by atoms with Crippen molar-refractivity contribution in [3.63, 3.8) is 0 Å². The van der Waals surface area contributed by atoms with E-state index in [1.165, 1.54) is 26.4 Å². The number of imide groups is 1. The van der Waals surface area contributed by atoms with Gasteiger partial charge in [-0.3, -0.25) is 14.9 Å². The lowest BCUT2D eigenvalue weighted by Crippen LogP contribution is -2.31. The van der Waals surface area contributed by atoms with Gasteiger partial charge in [0.1, 0.15) is 5.88 Å². The predicted molar refractivity (Wildman–Crippen MR) is 62.7 cm³/mol. The number of benzene rings is 1. The zero-order valence-electron chi connectivity index (χ0n) is 9.45. The van der Waals surface area contributed by atoms with E-state index >= 15 is 0 Å². The van der Waals surface area contributed by atoms with Gasteiger partial charge in [-0.05, 0) is 18.2 Å². The Labute approximate surface area is 104 Å². The summed E-state index contributed by atoms with van der Waals surface area (Å²) in [5, 5.41) is 2.13. The number of ether oxygens (including phenoxy) is 2. The van der Waals surface area contributed by atoms with Gasteiger partial charge >= 0.3 is 0 Å². The number of carbonyl (C=O) groups is 2. The minimum atomic E-state index is -0.550. The van der Waals surface area contributed by atoms with Gasteiger partial charge in [-0.2, -0.15) is 0 Å². The molecule has 0 aliphatic rings. The summed E-state index contributed by atoms with van der Waals surface area (Å²) in [5.74, 6) is -0.423. The first-order chi connectivity index (χ1) is 8.12. The standard InChI is InChI=1S/C11H12ClNO4/c1-16-8-4-3-7(5-9(8)17-2)11(15)13-10(14)6-12/h3-5H,6H2,1-2H3,(H,13,14,15). The van der Waals surface area contributed by atoms with Crippen LogP contribution in [0.3, 0.4) is 0 Å². The van der Waals surface area contributed by atoms with E-state index in [0.29, 0.717) is 17.1 Å². The first kappa shape index (κ1) is 13.3. The van der Waals surface area contributed by atoms with Crippen molar-refractivity contribution < 1.29 is 19.1 Å². The first-order valence-electron chi connectivity index (χ1n) is 4.74. The number of rotatable bonds is 4. The molecule has 0 bridgehead atoms. The molecule has 0 radical (unpaired) electrons. The number of carbonyl (C=O) groups excluding carboxylic acids is 2. The smallest absolute Gasteiger partial charge is 0.258 e. The molecule has 0 saturated carbocycles. The fourth-order valence-corrected chi connectivity index (χ4v) is 1.28. The molecule has 1 N–H and O–H groups in total. The molecule has 0 aromatic heterocycles. The van der Waals surface area contributed by atoms with E-state index in [1.807, 2.05) is 0 Å². The Balaban J connectivity index is 2.92. The van der Waals surface area contributed by atoms with E-state index in [4.69, 9.17) is 21.1 Å². The van der Waals surface area contributed by atoms with Crippen molar-refractivity contribution in [3.05, 3.63) is 23.8 Å². The highest BCUT2D eigenvalue weighted by atomic mass is 35.5. The molecule has 1 aromatic rings. The van der Waals surface area contributed by atoms with Gasteiger partial charge in [0, 0.05) is 5.56 Å². The van der Waals surface area contributed by atoms with Gasteiger partial charge in [0.25, 0.3) is 5.91 Å². The molecule has 1 rings (SSSR count). The van der Waals surface area contributed by atoms with Crippen LogP contribution in [-0.4, -0.2) is 31.9 Å².